The second-order valence-corrected chi connectivity index (χ2v) is 4.29. The summed E-state index contributed by atoms with van der Waals surface area (Å²) in [7, 11) is 2.05. The van der Waals surface area contributed by atoms with Crippen molar-refractivity contribution in [3.05, 3.63) is 0 Å². The fourth-order valence-electron chi connectivity index (χ4n) is 2.32. The third-order valence-corrected chi connectivity index (χ3v) is 3.35. The molecule has 2 heteroatoms. The summed E-state index contributed by atoms with van der Waals surface area (Å²) in [5.41, 5.74) is 0. The van der Waals surface area contributed by atoms with Gasteiger partial charge in [0.1, 0.15) is 0 Å². The standard InChI is InChI=1S/C12H25NO/c1-4-10(5-2)14-12-9-7-6-8-11(12)13-3/h10-13H,4-9H2,1-3H3. The smallest absolute Gasteiger partial charge is 0.0731 e. The summed E-state index contributed by atoms with van der Waals surface area (Å²) in [5, 5.41) is 3.38. The molecule has 84 valence electrons. The van der Waals surface area contributed by atoms with Gasteiger partial charge >= 0.3 is 0 Å². The minimum atomic E-state index is 0.457. The Morgan fingerprint density at radius 1 is 1.21 bits per heavy atom. The van der Waals surface area contributed by atoms with Gasteiger partial charge in [0.2, 0.25) is 0 Å². The first-order valence-electron chi connectivity index (χ1n) is 6.14. The Labute approximate surface area is 88.4 Å². The van der Waals surface area contributed by atoms with E-state index in [9.17, 15) is 0 Å². The van der Waals surface area contributed by atoms with Crippen molar-refractivity contribution in [3.63, 3.8) is 0 Å². The normalized spacial score (nSPS) is 28.3. The van der Waals surface area contributed by atoms with Crippen molar-refractivity contribution in [1.29, 1.82) is 0 Å². The van der Waals surface area contributed by atoms with Crippen molar-refractivity contribution in [2.75, 3.05) is 7.05 Å². The van der Waals surface area contributed by atoms with E-state index in [0.29, 0.717) is 18.2 Å². The van der Waals surface area contributed by atoms with Gasteiger partial charge < -0.3 is 10.1 Å². The van der Waals surface area contributed by atoms with Crippen molar-refractivity contribution in [3.8, 4) is 0 Å². The zero-order chi connectivity index (χ0) is 10.4. The summed E-state index contributed by atoms with van der Waals surface area (Å²) in [4.78, 5) is 0. The molecule has 1 rings (SSSR count). The van der Waals surface area contributed by atoms with Crippen LogP contribution in [-0.4, -0.2) is 25.3 Å². The summed E-state index contributed by atoms with van der Waals surface area (Å²) in [6, 6.07) is 0.587. The second-order valence-electron chi connectivity index (χ2n) is 4.29. The SMILES string of the molecule is CCC(CC)OC1CCCCC1NC. The van der Waals surface area contributed by atoms with Gasteiger partial charge in [0.05, 0.1) is 12.2 Å². The van der Waals surface area contributed by atoms with Gasteiger partial charge in [-0.05, 0) is 32.7 Å². The highest BCUT2D eigenvalue weighted by molar-refractivity contribution is 4.81. The molecule has 0 aromatic heterocycles. The van der Waals surface area contributed by atoms with Crippen LogP contribution in [-0.2, 0) is 4.74 Å². The lowest BCUT2D eigenvalue weighted by Crippen LogP contribution is -2.43. The van der Waals surface area contributed by atoms with Crippen LogP contribution in [0, 0.1) is 0 Å². The Kier molecular flexibility index (Phi) is 5.49. The molecule has 0 saturated heterocycles. The summed E-state index contributed by atoms with van der Waals surface area (Å²) >= 11 is 0. The minimum Gasteiger partial charge on any atom is -0.373 e. The third-order valence-electron chi connectivity index (χ3n) is 3.35. The predicted molar refractivity (Wildman–Crippen MR) is 60.6 cm³/mol. The van der Waals surface area contributed by atoms with Crippen LogP contribution in [0.25, 0.3) is 0 Å². The number of likely N-dealkylation sites (N-methyl/N-ethyl adjacent to an activating group) is 1. The summed E-state index contributed by atoms with van der Waals surface area (Å²) < 4.78 is 6.13. The molecule has 2 nitrogen and oxygen atoms in total. The van der Waals surface area contributed by atoms with Gasteiger partial charge in [-0.2, -0.15) is 0 Å². The molecule has 1 aliphatic rings. The molecule has 0 radical (unpaired) electrons. The average molecular weight is 199 g/mol. The van der Waals surface area contributed by atoms with Gasteiger partial charge in [-0.25, -0.2) is 0 Å². The molecule has 1 saturated carbocycles. The zero-order valence-corrected chi connectivity index (χ0v) is 9.88. The molecule has 1 N–H and O–H groups in total. The van der Waals surface area contributed by atoms with Crippen LogP contribution in [0.4, 0.5) is 0 Å². The molecular formula is C12H25NO. The van der Waals surface area contributed by atoms with Crippen molar-refractivity contribution in [2.45, 2.75) is 70.6 Å². The lowest BCUT2D eigenvalue weighted by Gasteiger charge is -2.33. The molecule has 0 aromatic rings. The molecule has 0 heterocycles. The minimum absolute atomic E-state index is 0.457. The fraction of sp³-hybridized carbons (Fsp3) is 1.00. The number of rotatable bonds is 5. The quantitative estimate of drug-likeness (QED) is 0.735. The van der Waals surface area contributed by atoms with Crippen LogP contribution >= 0.6 is 0 Å². The van der Waals surface area contributed by atoms with Crippen LogP contribution in [0.2, 0.25) is 0 Å². The Morgan fingerprint density at radius 3 is 2.43 bits per heavy atom. The third kappa shape index (κ3) is 3.25. The van der Waals surface area contributed by atoms with E-state index in [-0.39, 0.29) is 0 Å². The van der Waals surface area contributed by atoms with Gasteiger partial charge in [-0.1, -0.05) is 26.7 Å². The number of hydrogen-bond acceptors (Lipinski definition) is 2. The van der Waals surface area contributed by atoms with Gasteiger partial charge in [-0.15, -0.1) is 0 Å². The predicted octanol–water partition coefficient (Wildman–Crippen LogP) is 2.72. The Morgan fingerprint density at radius 2 is 1.86 bits per heavy atom. The Bertz CT molecular complexity index is 145. The van der Waals surface area contributed by atoms with Crippen LogP contribution in [0.3, 0.4) is 0 Å². The summed E-state index contributed by atoms with van der Waals surface area (Å²) in [6.45, 7) is 4.43. The summed E-state index contributed by atoms with van der Waals surface area (Å²) in [6.07, 6.45) is 8.42. The molecule has 0 amide bonds. The molecule has 14 heavy (non-hydrogen) atoms. The monoisotopic (exact) mass is 199 g/mol. The molecule has 0 spiro atoms. The second kappa shape index (κ2) is 6.41. The van der Waals surface area contributed by atoms with E-state index in [2.05, 4.69) is 26.2 Å². The van der Waals surface area contributed by atoms with Gasteiger partial charge in [0.25, 0.3) is 0 Å². The highest BCUT2D eigenvalue weighted by atomic mass is 16.5. The van der Waals surface area contributed by atoms with E-state index in [1.165, 1.54) is 25.7 Å². The van der Waals surface area contributed by atoms with Crippen LogP contribution in [0.5, 0.6) is 0 Å². The maximum absolute atomic E-state index is 6.13. The van der Waals surface area contributed by atoms with E-state index >= 15 is 0 Å². The molecule has 0 aliphatic heterocycles. The van der Waals surface area contributed by atoms with Crippen molar-refractivity contribution in [2.24, 2.45) is 0 Å². The first-order chi connectivity index (χ1) is 6.81. The molecule has 2 atom stereocenters. The van der Waals surface area contributed by atoms with Gasteiger partial charge in [0.15, 0.2) is 0 Å². The van der Waals surface area contributed by atoms with Crippen LogP contribution in [0.1, 0.15) is 52.4 Å². The largest absolute Gasteiger partial charge is 0.373 e. The average Bonchev–Trinajstić information content (AvgIpc) is 2.26. The molecule has 1 aliphatic carbocycles. The lowest BCUT2D eigenvalue weighted by atomic mass is 9.92. The molecule has 2 unspecified atom stereocenters. The van der Waals surface area contributed by atoms with Crippen molar-refractivity contribution < 1.29 is 4.74 Å². The zero-order valence-electron chi connectivity index (χ0n) is 9.88. The van der Waals surface area contributed by atoms with Gasteiger partial charge in [0, 0.05) is 6.04 Å². The van der Waals surface area contributed by atoms with Crippen molar-refractivity contribution >= 4 is 0 Å². The van der Waals surface area contributed by atoms with Gasteiger partial charge in [-0.3, -0.25) is 0 Å². The molecule has 0 bridgehead atoms. The molecule has 0 aromatic carbocycles. The van der Waals surface area contributed by atoms with E-state index in [1.54, 1.807) is 0 Å². The number of nitrogens with one attached hydrogen (secondary N) is 1. The first-order valence-corrected chi connectivity index (χ1v) is 6.14. The highest BCUT2D eigenvalue weighted by Crippen LogP contribution is 2.23. The molecular weight excluding hydrogens is 174 g/mol. The van der Waals surface area contributed by atoms with Crippen molar-refractivity contribution in [1.82, 2.24) is 5.32 Å². The highest BCUT2D eigenvalue weighted by Gasteiger charge is 2.25. The van der Waals surface area contributed by atoms with E-state index in [1.807, 2.05) is 0 Å². The maximum atomic E-state index is 6.13. The number of ether oxygens (including phenoxy) is 1. The maximum Gasteiger partial charge on any atom is 0.0731 e. The number of hydrogen-bond donors (Lipinski definition) is 1. The fourth-order valence-corrected chi connectivity index (χ4v) is 2.32. The lowest BCUT2D eigenvalue weighted by molar-refractivity contribution is -0.0480. The first kappa shape index (κ1) is 12.0. The van der Waals surface area contributed by atoms with E-state index in [4.69, 9.17) is 4.74 Å². The topological polar surface area (TPSA) is 21.3 Å². The van der Waals surface area contributed by atoms with E-state index in [0.717, 1.165) is 12.8 Å². The van der Waals surface area contributed by atoms with Crippen LogP contribution < -0.4 is 5.32 Å². The summed E-state index contributed by atoms with van der Waals surface area (Å²) in [5.74, 6) is 0. The molecule has 1 fully saturated rings. The van der Waals surface area contributed by atoms with Crippen LogP contribution in [0.15, 0.2) is 0 Å². The van der Waals surface area contributed by atoms with E-state index < -0.39 is 0 Å². The Hall–Kier alpha value is -0.0800. The Balaban J connectivity index is 2.39.